The number of hydrogen-bond acceptors (Lipinski definition) is 2. The van der Waals surface area contributed by atoms with E-state index >= 15 is 0 Å². The van der Waals surface area contributed by atoms with Crippen LogP contribution in [0.3, 0.4) is 0 Å². The fourth-order valence-corrected chi connectivity index (χ4v) is 2.41. The van der Waals surface area contributed by atoms with Crippen LogP contribution in [0.2, 0.25) is 0 Å². The molecule has 0 fully saturated rings. The number of nitrogens with two attached hydrogens (primary N) is 1. The van der Waals surface area contributed by atoms with Gasteiger partial charge >= 0.3 is 0 Å². The molecule has 0 saturated carbocycles. The van der Waals surface area contributed by atoms with Crippen LogP contribution in [-0.2, 0) is 6.42 Å². The molecule has 0 aromatic heterocycles. The van der Waals surface area contributed by atoms with Gasteiger partial charge in [-0.1, -0.05) is 12.1 Å². The third kappa shape index (κ3) is 1.90. The fourth-order valence-electron chi connectivity index (χ4n) is 2.41. The first-order valence-corrected chi connectivity index (χ1v) is 5.40. The molecule has 0 spiro atoms. The van der Waals surface area contributed by atoms with Crippen molar-refractivity contribution in [3.8, 4) is 5.75 Å². The molecule has 0 heterocycles. The smallest absolute Gasteiger partial charge is 0.115 e. The lowest BCUT2D eigenvalue weighted by Gasteiger charge is -2.30. The highest BCUT2D eigenvalue weighted by atomic mass is 16.3. The maximum atomic E-state index is 9.42. The monoisotopic (exact) mass is 203 g/mol. The summed E-state index contributed by atoms with van der Waals surface area (Å²) in [4.78, 5) is 0. The molecule has 1 aliphatic rings. The summed E-state index contributed by atoms with van der Waals surface area (Å²) in [6, 6.07) is 5.82. The summed E-state index contributed by atoms with van der Waals surface area (Å²) in [5.41, 5.74) is 8.63. The largest absolute Gasteiger partial charge is 0.508 e. The summed E-state index contributed by atoms with van der Waals surface area (Å²) in [5.74, 6) is 0.716. The Kier molecular flexibility index (Phi) is 2.78. The van der Waals surface area contributed by atoms with Gasteiger partial charge in [-0.15, -0.1) is 6.58 Å². The van der Waals surface area contributed by atoms with E-state index in [1.807, 2.05) is 18.2 Å². The molecule has 0 bridgehead atoms. The molecule has 15 heavy (non-hydrogen) atoms. The third-order valence-electron chi connectivity index (χ3n) is 3.21. The second-order valence-electron chi connectivity index (χ2n) is 4.22. The first kappa shape index (κ1) is 10.2. The van der Waals surface area contributed by atoms with E-state index in [-0.39, 0.29) is 6.04 Å². The predicted octanol–water partition coefficient (Wildman–Crippen LogP) is 2.33. The van der Waals surface area contributed by atoms with Crippen molar-refractivity contribution in [2.75, 3.05) is 0 Å². The normalized spacial score (nSPS) is 24.6. The standard InChI is InChI=1S/C13H17NO/c1-2-3-12-11-6-5-10(15)8-9(11)4-7-13(12)14/h2,5-6,8,12-13,15H,1,3-4,7,14H2/t12-,13+/m0/s1. The first-order chi connectivity index (χ1) is 7.22. The van der Waals surface area contributed by atoms with Gasteiger partial charge in [-0.3, -0.25) is 0 Å². The number of aryl methyl sites for hydroxylation is 1. The zero-order chi connectivity index (χ0) is 10.8. The van der Waals surface area contributed by atoms with E-state index < -0.39 is 0 Å². The molecule has 2 rings (SSSR count). The number of hydrogen-bond donors (Lipinski definition) is 2. The average Bonchev–Trinajstić information content (AvgIpc) is 2.22. The Balaban J connectivity index is 2.38. The second kappa shape index (κ2) is 4.07. The molecule has 3 N–H and O–H groups in total. The maximum absolute atomic E-state index is 9.42. The topological polar surface area (TPSA) is 46.2 Å². The lowest BCUT2D eigenvalue weighted by atomic mass is 9.78. The van der Waals surface area contributed by atoms with Crippen LogP contribution in [0.15, 0.2) is 30.9 Å². The van der Waals surface area contributed by atoms with E-state index in [2.05, 4.69) is 6.58 Å². The third-order valence-corrected chi connectivity index (χ3v) is 3.21. The average molecular weight is 203 g/mol. The molecule has 2 heteroatoms. The summed E-state index contributed by atoms with van der Waals surface area (Å²) in [6.07, 6.45) is 4.80. The second-order valence-corrected chi connectivity index (χ2v) is 4.22. The predicted molar refractivity (Wildman–Crippen MR) is 62.0 cm³/mol. The van der Waals surface area contributed by atoms with Gasteiger partial charge in [0.1, 0.15) is 5.75 Å². The van der Waals surface area contributed by atoms with Gasteiger partial charge in [0.05, 0.1) is 0 Å². The van der Waals surface area contributed by atoms with Crippen LogP contribution in [0.25, 0.3) is 0 Å². The van der Waals surface area contributed by atoms with Crippen LogP contribution < -0.4 is 5.73 Å². The van der Waals surface area contributed by atoms with E-state index in [9.17, 15) is 5.11 Å². The minimum absolute atomic E-state index is 0.222. The van der Waals surface area contributed by atoms with Crippen LogP contribution in [0.5, 0.6) is 5.75 Å². The molecule has 2 atom stereocenters. The molecule has 0 radical (unpaired) electrons. The zero-order valence-electron chi connectivity index (χ0n) is 8.82. The molecule has 1 aromatic carbocycles. The van der Waals surface area contributed by atoms with Gasteiger partial charge < -0.3 is 10.8 Å². The highest BCUT2D eigenvalue weighted by Crippen LogP contribution is 2.35. The summed E-state index contributed by atoms with van der Waals surface area (Å²) >= 11 is 0. The Hall–Kier alpha value is -1.28. The quantitative estimate of drug-likeness (QED) is 0.725. The van der Waals surface area contributed by atoms with Crippen LogP contribution in [0.4, 0.5) is 0 Å². The van der Waals surface area contributed by atoms with Gasteiger partial charge in [-0.2, -0.15) is 0 Å². The summed E-state index contributed by atoms with van der Waals surface area (Å²) in [5, 5.41) is 9.42. The van der Waals surface area contributed by atoms with Gasteiger partial charge in [0, 0.05) is 12.0 Å². The van der Waals surface area contributed by atoms with Crippen molar-refractivity contribution < 1.29 is 5.11 Å². The SMILES string of the molecule is C=CC[C@H]1c2ccc(O)cc2CC[C@H]1N. The Bertz CT molecular complexity index is 373. The van der Waals surface area contributed by atoms with Gasteiger partial charge in [0.25, 0.3) is 0 Å². The van der Waals surface area contributed by atoms with Gasteiger partial charge in [-0.25, -0.2) is 0 Å². The molecule has 0 amide bonds. The highest BCUT2D eigenvalue weighted by molar-refractivity contribution is 5.40. The van der Waals surface area contributed by atoms with Gasteiger partial charge in [0.2, 0.25) is 0 Å². The molecule has 0 aliphatic heterocycles. The molecule has 1 aliphatic carbocycles. The van der Waals surface area contributed by atoms with Crippen molar-refractivity contribution in [2.45, 2.75) is 31.2 Å². The Morgan fingerprint density at radius 3 is 3.07 bits per heavy atom. The van der Waals surface area contributed by atoms with Crippen LogP contribution in [0.1, 0.15) is 29.9 Å². The molecule has 0 unspecified atom stereocenters. The van der Waals surface area contributed by atoms with Crippen molar-refractivity contribution in [3.63, 3.8) is 0 Å². The summed E-state index contributed by atoms with van der Waals surface area (Å²) in [7, 11) is 0. The van der Waals surface area contributed by atoms with Gasteiger partial charge in [-0.05, 0) is 42.5 Å². The van der Waals surface area contributed by atoms with Crippen molar-refractivity contribution >= 4 is 0 Å². The number of allylic oxidation sites excluding steroid dienone is 1. The molecule has 2 nitrogen and oxygen atoms in total. The summed E-state index contributed by atoms with van der Waals surface area (Å²) in [6.45, 7) is 3.77. The van der Waals surface area contributed by atoms with Crippen LogP contribution >= 0.6 is 0 Å². The number of phenolic OH excluding ortho intramolecular Hbond substituents is 1. The minimum atomic E-state index is 0.222. The Morgan fingerprint density at radius 2 is 2.33 bits per heavy atom. The van der Waals surface area contributed by atoms with Crippen LogP contribution in [0, 0.1) is 0 Å². The maximum Gasteiger partial charge on any atom is 0.115 e. The Labute approximate surface area is 90.4 Å². The fraction of sp³-hybridized carbons (Fsp3) is 0.385. The number of rotatable bonds is 2. The summed E-state index contributed by atoms with van der Waals surface area (Å²) < 4.78 is 0. The molecular weight excluding hydrogens is 186 g/mol. The number of fused-ring (bicyclic) bond motifs is 1. The highest BCUT2D eigenvalue weighted by Gasteiger charge is 2.25. The number of benzene rings is 1. The van der Waals surface area contributed by atoms with E-state index in [0.717, 1.165) is 19.3 Å². The van der Waals surface area contributed by atoms with Crippen molar-refractivity contribution in [1.29, 1.82) is 0 Å². The van der Waals surface area contributed by atoms with E-state index in [0.29, 0.717) is 11.7 Å². The molecular formula is C13H17NO. The Morgan fingerprint density at radius 1 is 1.53 bits per heavy atom. The van der Waals surface area contributed by atoms with E-state index in [4.69, 9.17) is 5.73 Å². The lowest BCUT2D eigenvalue weighted by Crippen LogP contribution is -2.32. The molecule has 1 aromatic rings. The number of aromatic hydroxyl groups is 1. The number of phenols is 1. The molecule has 0 saturated heterocycles. The van der Waals surface area contributed by atoms with E-state index in [1.54, 1.807) is 6.07 Å². The van der Waals surface area contributed by atoms with Crippen molar-refractivity contribution in [1.82, 2.24) is 0 Å². The first-order valence-electron chi connectivity index (χ1n) is 5.40. The minimum Gasteiger partial charge on any atom is -0.508 e. The molecule has 80 valence electrons. The van der Waals surface area contributed by atoms with Crippen molar-refractivity contribution in [3.05, 3.63) is 42.0 Å². The zero-order valence-corrected chi connectivity index (χ0v) is 8.82. The van der Waals surface area contributed by atoms with Gasteiger partial charge in [0.15, 0.2) is 0 Å². The van der Waals surface area contributed by atoms with Crippen LogP contribution in [-0.4, -0.2) is 11.1 Å². The van der Waals surface area contributed by atoms with E-state index in [1.165, 1.54) is 11.1 Å². The lowest BCUT2D eigenvalue weighted by molar-refractivity contribution is 0.457. The van der Waals surface area contributed by atoms with Crippen molar-refractivity contribution in [2.24, 2.45) is 5.73 Å².